The first-order valence-electron chi connectivity index (χ1n) is 9.98. The minimum Gasteiger partial charge on any atom is -0.296 e. The Hall–Kier alpha value is -2.17. The number of halogens is 1. The lowest BCUT2D eigenvalue weighted by Crippen LogP contribution is -2.47. The summed E-state index contributed by atoms with van der Waals surface area (Å²) in [5, 5.41) is 12.2. The lowest BCUT2D eigenvalue weighted by Gasteiger charge is -2.43. The summed E-state index contributed by atoms with van der Waals surface area (Å²) in [6.45, 7) is 8.12. The van der Waals surface area contributed by atoms with Gasteiger partial charge in [-0.2, -0.15) is 0 Å². The number of anilines is 1. The molecule has 0 fully saturated rings. The third-order valence-corrected chi connectivity index (χ3v) is 11.1. The van der Waals surface area contributed by atoms with E-state index >= 15 is 0 Å². The SMILES string of the molecule is Cc1cc2c(cc1C)N(C(=O)c1sc3cc([N+](=O)[O-])ccc3c1Cl)C(C)(C)c1ssc(=S)c1-2. The monoisotopic (exact) mass is 532 g/mol. The first-order chi connectivity index (χ1) is 15.5. The lowest BCUT2D eigenvalue weighted by atomic mass is 9.85. The maximum Gasteiger partial charge on any atom is 0.270 e. The summed E-state index contributed by atoms with van der Waals surface area (Å²) in [7, 11) is 3.15. The van der Waals surface area contributed by atoms with Gasteiger partial charge in [-0.05, 0) is 57.0 Å². The maximum atomic E-state index is 14.1. The number of carbonyl (C=O) groups excluding carboxylic acids is 1. The van der Waals surface area contributed by atoms with E-state index in [1.165, 1.54) is 23.5 Å². The summed E-state index contributed by atoms with van der Waals surface area (Å²) in [4.78, 5) is 28.1. The molecule has 0 saturated carbocycles. The molecule has 0 saturated heterocycles. The van der Waals surface area contributed by atoms with Crippen molar-refractivity contribution in [2.75, 3.05) is 4.90 Å². The number of aryl methyl sites for hydroxylation is 2. The van der Waals surface area contributed by atoms with E-state index in [-0.39, 0.29) is 11.6 Å². The van der Waals surface area contributed by atoms with Crippen LogP contribution in [-0.4, -0.2) is 10.8 Å². The molecule has 33 heavy (non-hydrogen) atoms. The number of hydrogen-bond acceptors (Lipinski definition) is 7. The Labute approximate surface area is 211 Å². The van der Waals surface area contributed by atoms with E-state index in [1.54, 1.807) is 31.6 Å². The van der Waals surface area contributed by atoms with Gasteiger partial charge in [-0.25, -0.2) is 0 Å². The molecule has 168 valence electrons. The zero-order chi connectivity index (χ0) is 23.8. The molecule has 0 unspecified atom stereocenters. The molecule has 5 rings (SSSR count). The molecule has 10 heteroatoms. The highest BCUT2D eigenvalue weighted by Crippen LogP contribution is 2.53. The van der Waals surface area contributed by atoms with Gasteiger partial charge < -0.3 is 0 Å². The highest BCUT2D eigenvalue weighted by Gasteiger charge is 2.44. The number of hydrogen-bond donors (Lipinski definition) is 0. The van der Waals surface area contributed by atoms with Gasteiger partial charge in [0.2, 0.25) is 0 Å². The number of rotatable bonds is 2. The molecular formula is C23H17ClN2O3S4. The van der Waals surface area contributed by atoms with Gasteiger partial charge in [0.1, 0.15) is 8.70 Å². The molecular weight excluding hydrogens is 516 g/mol. The van der Waals surface area contributed by atoms with Gasteiger partial charge >= 0.3 is 0 Å². The standard InChI is InChI=1S/C23H17ClN2O3S4/c1-10-7-14-15(8-11(10)2)25(23(3,4)20-17(14)22(30)33-32-20)21(27)19-18(24)13-6-5-12(26(28)29)9-16(13)31-19/h5-9H,1-4H3. The molecule has 2 aromatic carbocycles. The molecule has 0 spiro atoms. The first-order valence-corrected chi connectivity index (χ1v) is 13.7. The second kappa shape index (κ2) is 7.68. The Bertz CT molecular complexity index is 1560. The van der Waals surface area contributed by atoms with Gasteiger partial charge in [0.25, 0.3) is 11.6 Å². The van der Waals surface area contributed by atoms with E-state index in [2.05, 4.69) is 13.0 Å². The molecule has 4 aromatic rings. The van der Waals surface area contributed by atoms with Crippen molar-refractivity contribution in [3.8, 4) is 11.1 Å². The number of nitrogens with zero attached hydrogens (tertiary/aromatic N) is 2. The Morgan fingerprint density at radius 3 is 2.55 bits per heavy atom. The molecule has 3 heterocycles. The first kappa shape index (κ1) is 22.6. The van der Waals surface area contributed by atoms with E-state index in [0.29, 0.717) is 20.0 Å². The van der Waals surface area contributed by atoms with Crippen LogP contribution in [0.25, 0.3) is 21.2 Å². The molecule has 0 N–H and O–H groups in total. The van der Waals surface area contributed by atoms with Crippen LogP contribution in [0.4, 0.5) is 11.4 Å². The fourth-order valence-corrected chi connectivity index (χ4v) is 9.01. The van der Waals surface area contributed by atoms with Crippen molar-refractivity contribution in [3.05, 3.63) is 70.2 Å². The van der Waals surface area contributed by atoms with E-state index in [1.807, 2.05) is 26.8 Å². The molecule has 5 nitrogen and oxygen atoms in total. The van der Waals surface area contributed by atoms with E-state index in [4.69, 9.17) is 23.8 Å². The van der Waals surface area contributed by atoms with Gasteiger partial charge in [-0.15, -0.1) is 11.3 Å². The normalized spacial score (nSPS) is 14.3. The van der Waals surface area contributed by atoms with Crippen molar-refractivity contribution in [2.24, 2.45) is 0 Å². The Morgan fingerprint density at radius 1 is 1.15 bits per heavy atom. The summed E-state index contributed by atoms with van der Waals surface area (Å²) in [6, 6.07) is 8.62. The van der Waals surface area contributed by atoms with Gasteiger partial charge in [0, 0.05) is 33.3 Å². The van der Waals surface area contributed by atoms with Crippen molar-refractivity contribution < 1.29 is 9.72 Å². The number of thiophene rings is 1. The summed E-state index contributed by atoms with van der Waals surface area (Å²) in [5.74, 6) is -0.228. The van der Waals surface area contributed by atoms with Crippen LogP contribution in [0.5, 0.6) is 0 Å². The fraction of sp³-hybridized carbons (Fsp3) is 0.217. The predicted molar refractivity (Wildman–Crippen MR) is 141 cm³/mol. The zero-order valence-corrected chi connectivity index (χ0v) is 22.0. The average molecular weight is 533 g/mol. The predicted octanol–water partition coefficient (Wildman–Crippen LogP) is 8.49. The number of nitro groups is 1. The minimum atomic E-state index is -0.648. The van der Waals surface area contributed by atoms with Crippen LogP contribution in [0.15, 0.2) is 30.3 Å². The van der Waals surface area contributed by atoms with Crippen LogP contribution < -0.4 is 4.90 Å². The van der Waals surface area contributed by atoms with Crippen LogP contribution >= 0.6 is 55.8 Å². The van der Waals surface area contributed by atoms with Crippen LogP contribution in [0.3, 0.4) is 0 Å². The van der Waals surface area contributed by atoms with E-state index in [9.17, 15) is 14.9 Å². The van der Waals surface area contributed by atoms with Crippen molar-refractivity contribution in [2.45, 2.75) is 33.2 Å². The van der Waals surface area contributed by atoms with Crippen molar-refractivity contribution in [3.63, 3.8) is 0 Å². The van der Waals surface area contributed by atoms with Gasteiger partial charge in [-0.3, -0.25) is 19.8 Å². The molecule has 2 aromatic heterocycles. The second-order valence-electron chi connectivity index (χ2n) is 8.49. The van der Waals surface area contributed by atoms with E-state index in [0.717, 1.165) is 36.6 Å². The average Bonchev–Trinajstić information content (AvgIpc) is 3.30. The topological polar surface area (TPSA) is 63.5 Å². The van der Waals surface area contributed by atoms with Crippen LogP contribution in [0.2, 0.25) is 5.02 Å². The number of fused-ring (bicyclic) bond motifs is 4. The van der Waals surface area contributed by atoms with Gasteiger partial charge in [0.15, 0.2) is 0 Å². The smallest absolute Gasteiger partial charge is 0.270 e. The Morgan fingerprint density at radius 2 is 1.85 bits per heavy atom. The van der Waals surface area contributed by atoms with Gasteiger partial charge in [-0.1, -0.05) is 44.5 Å². The lowest BCUT2D eigenvalue weighted by molar-refractivity contribution is -0.384. The zero-order valence-electron chi connectivity index (χ0n) is 18.0. The molecule has 1 amide bonds. The molecule has 0 bridgehead atoms. The Balaban J connectivity index is 1.75. The number of nitro benzene ring substituents is 1. The minimum absolute atomic E-state index is 0.0307. The third-order valence-electron chi connectivity index (χ3n) is 6.09. The van der Waals surface area contributed by atoms with Crippen molar-refractivity contribution in [1.29, 1.82) is 0 Å². The molecule has 1 aliphatic rings. The number of amides is 1. The second-order valence-corrected chi connectivity index (χ2v) is 12.7. The fourth-order valence-electron chi connectivity index (χ4n) is 4.25. The summed E-state index contributed by atoms with van der Waals surface area (Å²) >= 11 is 13.5. The van der Waals surface area contributed by atoms with Crippen LogP contribution in [0.1, 0.15) is 39.5 Å². The summed E-state index contributed by atoms with van der Waals surface area (Å²) in [5.41, 5.74) is 4.32. The highest BCUT2D eigenvalue weighted by molar-refractivity contribution is 7.80. The highest BCUT2D eigenvalue weighted by atomic mass is 35.5. The largest absolute Gasteiger partial charge is 0.296 e. The van der Waals surface area contributed by atoms with E-state index < -0.39 is 10.5 Å². The Kier molecular flexibility index (Phi) is 5.26. The number of carbonyl (C=O) groups is 1. The quantitative estimate of drug-likeness (QED) is 0.112. The third kappa shape index (κ3) is 3.29. The molecule has 0 aliphatic carbocycles. The van der Waals surface area contributed by atoms with Crippen molar-refractivity contribution >= 4 is 83.2 Å². The van der Waals surface area contributed by atoms with Crippen molar-refractivity contribution in [1.82, 2.24) is 0 Å². The summed E-state index contributed by atoms with van der Waals surface area (Å²) in [6.07, 6.45) is 0. The molecule has 0 atom stereocenters. The number of non-ortho nitro benzene ring substituents is 1. The summed E-state index contributed by atoms with van der Waals surface area (Å²) < 4.78 is 1.44. The van der Waals surface area contributed by atoms with Gasteiger partial charge in [0.05, 0.1) is 26.0 Å². The van der Waals surface area contributed by atoms with Crippen LogP contribution in [0, 0.1) is 27.8 Å². The number of benzene rings is 2. The molecule has 0 radical (unpaired) electrons. The van der Waals surface area contributed by atoms with Crippen LogP contribution in [-0.2, 0) is 5.54 Å². The molecule has 1 aliphatic heterocycles. The maximum absolute atomic E-state index is 14.1.